The Kier molecular flexibility index (Phi) is 11.0. The molecule has 1 spiro atoms. The molecule has 4 aliphatic rings. The van der Waals surface area contributed by atoms with Crippen molar-refractivity contribution in [2.45, 2.75) is 95.1 Å². The molecule has 5 rings (SSSR count). The number of benzene rings is 1. The third-order valence-corrected chi connectivity index (χ3v) is 10.1. The number of likely N-dealkylation sites (tertiary alicyclic amines) is 1. The van der Waals surface area contributed by atoms with Crippen LogP contribution in [0.4, 0.5) is 0 Å². The number of esters is 1. The molecule has 2 fully saturated rings. The number of allylic oxidation sites excluding steroid dienone is 1. The maximum absolute atomic E-state index is 14.5. The van der Waals surface area contributed by atoms with E-state index in [2.05, 4.69) is 6.92 Å². The highest BCUT2D eigenvalue weighted by Gasteiger charge is 2.73. The third kappa shape index (κ3) is 6.51. The normalized spacial score (nSPS) is 32.3. The van der Waals surface area contributed by atoms with Gasteiger partial charge in [0.15, 0.2) is 0 Å². The van der Waals surface area contributed by atoms with Crippen LogP contribution in [0.5, 0.6) is 0 Å². The topological polar surface area (TPSA) is 117 Å². The molecule has 3 amide bonds. The molecule has 5 bridgehead atoms. The van der Waals surface area contributed by atoms with Crippen LogP contribution in [0.2, 0.25) is 0 Å². The molecule has 10 nitrogen and oxygen atoms in total. The smallest absolute Gasteiger partial charge is 0.313 e. The molecule has 0 unspecified atom stereocenters. The summed E-state index contributed by atoms with van der Waals surface area (Å²) in [6, 6.07) is 7.97. The number of carbonyl (C=O) groups is 4. The lowest BCUT2D eigenvalue weighted by molar-refractivity contribution is -0.164. The molecule has 4 heterocycles. The van der Waals surface area contributed by atoms with Crippen molar-refractivity contribution >= 4 is 23.7 Å². The highest BCUT2D eigenvalue weighted by molar-refractivity contribution is 5.99. The van der Waals surface area contributed by atoms with Gasteiger partial charge in [0.2, 0.25) is 17.7 Å². The number of unbranched alkanes of at least 4 members (excludes halogenated alkanes) is 4. The van der Waals surface area contributed by atoms with Crippen molar-refractivity contribution in [1.29, 1.82) is 0 Å². The summed E-state index contributed by atoms with van der Waals surface area (Å²) >= 11 is 0. The number of rotatable bonds is 10. The fourth-order valence-corrected chi connectivity index (χ4v) is 7.44. The van der Waals surface area contributed by atoms with Crippen LogP contribution in [-0.2, 0) is 28.7 Å². The van der Waals surface area contributed by atoms with E-state index in [1.165, 1.54) is 0 Å². The van der Waals surface area contributed by atoms with Gasteiger partial charge in [0.1, 0.15) is 23.7 Å². The second-order valence-corrected chi connectivity index (χ2v) is 13.0. The van der Waals surface area contributed by atoms with Gasteiger partial charge in [-0.2, -0.15) is 0 Å². The highest BCUT2D eigenvalue weighted by Crippen LogP contribution is 2.56. The molecule has 0 radical (unpaired) electrons. The van der Waals surface area contributed by atoms with Crippen LogP contribution in [0.1, 0.15) is 76.9 Å². The van der Waals surface area contributed by atoms with Crippen LogP contribution in [-0.4, -0.2) is 101 Å². The summed E-state index contributed by atoms with van der Waals surface area (Å²) in [4.78, 5) is 61.5. The van der Waals surface area contributed by atoms with Gasteiger partial charge in [0.05, 0.1) is 18.1 Å². The van der Waals surface area contributed by atoms with Gasteiger partial charge in [-0.25, -0.2) is 0 Å². The van der Waals surface area contributed by atoms with E-state index in [0.29, 0.717) is 38.9 Å². The maximum Gasteiger partial charge on any atom is 0.313 e. The Morgan fingerprint density at radius 3 is 2.46 bits per heavy atom. The molecular weight excluding hydrogens is 586 g/mol. The van der Waals surface area contributed by atoms with Crippen molar-refractivity contribution in [3.05, 3.63) is 60.2 Å². The van der Waals surface area contributed by atoms with Crippen LogP contribution in [0.15, 0.2) is 54.6 Å². The van der Waals surface area contributed by atoms with E-state index >= 15 is 0 Å². The van der Waals surface area contributed by atoms with Gasteiger partial charge in [-0.15, -0.1) is 0 Å². The molecule has 1 aromatic rings. The average Bonchev–Trinajstić information content (AvgIpc) is 3.71. The number of cyclic esters (lactones) is 1. The molecule has 2 saturated heterocycles. The number of ether oxygens (including phenoxy) is 2. The molecule has 4 aliphatic heterocycles. The van der Waals surface area contributed by atoms with Crippen LogP contribution < -0.4 is 0 Å². The van der Waals surface area contributed by atoms with Gasteiger partial charge < -0.3 is 29.3 Å². The molecular formula is C36H49N3O7. The molecule has 46 heavy (non-hydrogen) atoms. The first kappa shape index (κ1) is 33.9. The molecule has 250 valence electrons. The SMILES string of the molecule is CCCCN1C/C=C\CCC(=O)N(C)[C@@H](C)[C@H](c2ccccc2)OC(=O)[C@@H]2[C@H]3C(=O)N(CCCCCCO)[C@H](C1=O)[C@]31C=C[C@H]2O1. The predicted molar refractivity (Wildman–Crippen MR) is 172 cm³/mol. The summed E-state index contributed by atoms with van der Waals surface area (Å²) in [5.74, 6) is -2.93. The van der Waals surface area contributed by atoms with E-state index in [4.69, 9.17) is 9.47 Å². The molecule has 7 atom stereocenters. The minimum absolute atomic E-state index is 0.0774. The van der Waals surface area contributed by atoms with Crippen molar-refractivity contribution in [3.8, 4) is 0 Å². The molecule has 10 heteroatoms. The Bertz CT molecular complexity index is 1320. The highest BCUT2D eigenvalue weighted by atomic mass is 16.6. The van der Waals surface area contributed by atoms with E-state index in [0.717, 1.165) is 31.2 Å². The number of fused-ring (bicyclic) bond motifs is 2. The zero-order valence-corrected chi connectivity index (χ0v) is 27.4. The van der Waals surface area contributed by atoms with Gasteiger partial charge in [0, 0.05) is 39.7 Å². The minimum atomic E-state index is -1.27. The lowest BCUT2D eigenvalue weighted by Gasteiger charge is -2.36. The van der Waals surface area contributed by atoms with Crippen molar-refractivity contribution in [2.75, 3.05) is 33.3 Å². The van der Waals surface area contributed by atoms with Gasteiger partial charge in [0.25, 0.3) is 0 Å². The summed E-state index contributed by atoms with van der Waals surface area (Å²) in [5, 5.41) is 9.22. The third-order valence-electron chi connectivity index (χ3n) is 10.1. The van der Waals surface area contributed by atoms with E-state index in [1.54, 1.807) is 21.7 Å². The van der Waals surface area contributed by atoms with Gasteiger partial charge in [-0.05, 0) is 38.2 Å². The Morgan fingerprint density at radius 2 is 1.72 bits per heavy atom. The molecule has 0 aromatic heterocycles. The van der Waals surface area contributed by atoms with Gasteiger partial charge in [-0.3, -0.25) is 19.2 Å². The summed E-state index contributed by atoms with van der Waals surface area (Å²) in [7, 11) is 1.72. The summed E-state index contributed by atoms with van der Waals surface area (Å²) in [6.45, 7) is 5.28. The number of amides is 3. The Morgan fingerprint density at radius 1 is 0.957 bits per heavy atom. The first-order valence-corrected chi connectivity index (χ1v) is 17.0. The lowest BCUT2D eigenvalue weighted by atomic mass is 9.74. The zero-order valence-electron chi connectivity index (χ0n) is 27.4. The summed E-state index contributed by atoms with van der Waals surface area (Å²) < 4.78 is 12.8. The van der Waals surface area contributed by atoms with E-state index < -0.39 is 47.7 Å². The van der Waals surface area contributed by atoms with Gasteiger partial charge in [-0.1, -0.05) is 80.8 Å². The molecule has 0 aliphatic carbocycles. The number of aliphatic hydroxyl groups is 1. The fourth-order valence-electron chi connectivity index (χ4n) is 7.44. The van der Waals surface area contributed by atoms with Crippen LogP contribution in [0.25, 0.3) is 0 Å². The van der Waals surface area contributed by atoms with Crippen LogP contribution in [0, 0.1) is 11.8 Å². The van der Waals surface area contributed by atoms with Crippen LogP contribution >= 0.6 is 0 Å². The number of nitrogens with zero attached hydrogens (tertiary/aromatic N) is 3. The Balaban J connectivity index is 1.54. The molecule has 0 saturated carbocycles. The van der Waals surface area contributed by atoms with Crippen molar-refractivity contribution in [2.24, 2.45) is 11.8 Å². The maximum atomic E-state index is 14.5. The summed E-state index contributed by atoms with van der Waals surface area (Å²) in [6.07, 6.45) is 11.5. The largest absolute Gasteiger partial charge is 0.455 e. The Hall–Kier alpha value is -3.50. The van der Waals surface area contributed by atoms with Gasteiger partial charge >= 0.3 is 5.97 Å². The second-order valence-electron chi connectivity index (χ2n) is 13.0. The standard InChI is InChI=1S/C36H49N3O7/c1-4-5-21-38-22-13-9-12-18-28(41)37(3)25(2)31(26-16-10-8-11-17-26)45-35(44)29-27-19-20-36(46-27)30(29)33(42)39(32(36)34(38)43)23-14-6-7-15-24-40/h8-11,13,16-17,19-20,25,27,29-32,40H,4-7,12,14-15,18,21-24H2,1-3H3/b13-9-/t25-,27+,29-,30-,31+,32+,36-/m0/s1. The van der Waals surface area contributed by atoms with Crippen molar-refractivity contribution < 1.29 is 33.8 Å². The summed E-state index contributed by atoms with van der Waals surface area (Å²) in [5.41, 5.74) is -0.520. The van der Waals surface area contributed by atoms with E-state index in [-0.39, 0.29) is 30.7 Å². The number of aliphatic hydroxyl groups excluding tert-OH is 1. The number of carbonyl (C=O) groups excluding carboxylic acids is 4. The first-order chi connectivity index (χ1) is 22.2. The minimum Gasteiger partial charge on any atom is -0.455 e. The first-order valence-electron chi connectivity index (χ1n) is 17.0. The average molecular weight is 636 g/mol. The number of hydrogen-bond donors (Lipinski definition) is 1. The lowest BCUT2D eigenvalue weighted by Crippen LogP contribution is -2.56. The zero-order chi connectivity index (χ0) is 32.8. The Labute approximate surface area is 272 Å². The fraction of sp³-hybridized carbons (Fsp3) is 0.611. The quantitative estimate of drug-likeness (QED) is 0.236. The van der Waals surface area contributed by atoms with E-state index in [9.17, 15) is 24.3 Å². The van der Waals surface area contributed by atoms with E-state index in [1.807, 2.05) is 61.6 Å². The number of hydrogen-bond acceptors (Lipinski definition) is 7. The molecule has 1 aromatic carbocycles. The van der Waals surface area contributed by atoms with Crippen molar-refractivity contribution in [3.63, 3.8) is 0 Å². The van der Waals surface area contributed by atoms with Crippen molar-refractivity contribution in [1.82, 2.24) is 14.7 Å². The predicted octanol–water partition coefficient (Wildman–Crippen LogP) is 3.80. The van der Waals surface area contributed by atoms with Crippen LogP contribution in [0.3, 0.4) is 0 Å². The second kappa shape index (κ2) is 14.9. The monoisotopic (exact) mass is 635 g/mol. The number of likely N-dealkylation sites (N-methyl/N-ethyl adjacent to an activating group) is 1. The molecule has 1 N–H and O–H groups in total.